The maximum atomic E-state index is 5.31. The third kappa shape index (κ3) is 3.24. The average Bonchev–Trinajstić information content (AvgIpc) is 3.24. The van der Waals surface area contributed by atoms with Crippen molar-refractivity contribution >= 4 is 10.9 Å². The summed E-state index contributed by atoms with van der Waals surface area (Å²) in [5, 5.41) is 1.24. The monoisotopic (exact) mass is 313 g/mol. The highest BCUT2D eigenvalue weighted by Crippen LogP contribution is 2.24. The largest absolute Gasteiger partial charge is 0.497 e. The summed E-state index contributed by atoms with van der Waals surface area (Å²) >= 11 is 0. The number of aromatic amines is 1. The molecule has 0 bridgehead atoms. The number of aromatic nitrogens is 1. The number of likely N-dealkylation sites (tertiary alicyclic amines) is 2. The normalized spacial score (nSPS) is 21.3. The number of ether oxygens (including phenoxy) is 1. The number of methoxy groups -OCH3 is 1. The number of nitrogens with one attached hydrogen (secondary N) is 1. The number of fused-ring (bicyclic) bond motifs is 1. The van der Waals surface area contributed by atoms with Gasteiger partial charge in [-0.15, -0.1) is 0 Å². The molecule has 3 heterocycles. The summed E-state index contributed by atoms with van der Waals surface area (Å²) in [6, 6.07) is 9.33. The smallest absolute Gasteiger partial charge is 0.119 e. The molecule has 23 heavy (non-hydrogen) atoms. The Morgan fingerprint density at radius 3 is 2.61 bits per heavy atom. The fourth-order valence-corrected chi connectivity index (χ4v) is 4.17. The van der Waals surface area contributed by atoms with Crippen LogP contribution in [0.25, 0.3) is 10.9 Å². The van der Waals surface area contributed by atoms with Crippen molar-refractivity contribution in [3.8, 4) is 5.75 Å². The zero-order chi connectivity index (χ0) is 15.6. The Morgan fingerprint density at radius 2 is 1.87 bits per heavy atom. The van der Waals surface area contributed by atoms with Gasteiger partial charge in [-0.2, -0.15) is 0 Å². The number of H-pyrrole nitrogens is 1. The minimum absolute atomic E-state index is 0.834. The lowest BCUT2D eigenvalue weighted by Gasteiger charge is -2.36. The minimum Gasteiger partial charge on any atom is -0.497 e. The third-order valence-electron chi connectivity index (χ3n) is 5.49. The highest BCUT2D eigenvalue weighted by molar-refractivity contribution is 5.81. The molecule has 0 radical (unpaired) electrons. The summed E-state index contributed by atoms with van der Waals surface area (Å²) in [6.07, 6.45) is 5.46. The Hall–Kier alpha value is -1.52. The molecule has 1 N–H and O–H groups in total. The second-order valence-corrected chi connectivity index (χ2v) is 7.00. The SMILES string of the molecule is COc1ccc2[nH]c(CN3CCC(N4CCCC4)CC3)cc2c1. The number of nitrogens with zero attached hydrogens (tertiary/aromatic N) is 2. The summed E-state index contributed by atoms with van der Waals surface area (Å²) in [4.78, 5) is 8.86. The number of benzene rings is 1. The van der Waals surface area contributed by atoms with Gasteiger partial charge in [0.15, 0.2) is 0 Å². The van der Waals surface area contributed by atoms with Gasteiger partial charge in [0.2, 0.25) is 0 Å². The molecule has 2 aliphatic rings. The van der Waals surface area contributed by atoms with E-state index in [4.69, 9.17) is 4.74 Å². The van der Waals surface area contributed by atoms with Gasteiger partial charge in [-0.05, 0) is 63.0 Å². The predicted molar refractivity (Wildman–Crippen MR) is 94.0 cm³/mol. The van der Waals surface area contributed by atoms with Crippen LogP contribution < -0.4 is 4.74 Å². The number of hydrogen-bond donors (Lipinski definition) is 1. The van der Waals surface area contributed by atoms with Crippen LogP contribution in [0.15, 0.2) is 24.3 Å². The van der Waals surface area contributed by atoms with Gasteiger partial charge < -0.3 is 14.6 Å². The molecule has 1 aromatic heterocycles. The number of piperidine rings is 1. The van der Waals surface area contributed by atoms with Crippen LogP contribution in [-0.4, -0.2) is 54.1 Å². The maximum absolute atomic E-state index is 5.31. The molecular weight excluding hydrogens is 286 g/mol. The number of rotatable bonds is 4. The standard InChI is InChI=1S/C19H27N3O/c1-23-18-4-5-19-15(13-18)12-16(20-19)14-21-10-6-17(7-11-21)22-8-2-3-9-22/h4-5,12-13,17,20H,2-3,6-11,14H2,1H3. The molecule has 0 aliphatic carbocycles. The third-order valence-corrected chi connectivity index (χ3v) is 5.49. The van der Waals surface area contributed by atoms with E-state index in [-0.39, 0.29) is 0 Å². The van der Waals surface area contributed by atoms with Crippen LogP contribution in [0.1, 0.15) is 31.4 Å². The highest BCUT2D eigenvalue weighted by atomic mass is 16.5. The van der Waals surface area contributed by atoms with Gasteiger partial charge >= 0.3 is 0 Å². The molecule has 0 unspecified atom stereocenters. The zero-order valence-electron chi connectivity index (χ0n) is 14.1. The molecule has 2 fully saturated rings. The van der Waals surface area contributed by atoms with Crippen molar-refractivity contribution in [2.24, 2.45) is 0 Å². The molecule has 4 heteroatoms. The van der Waals surface area contributed by atoms with Crippen LogP contribution in [0, 0.1) is 0 Å². The van der Waals surface area contributed by atoms with Crippen molar-refractivity contribution in [2.75, 3.05) is 33.3 Å². The first-order chi connectivity index (χ1) is 11.3. The van der Waals surface area contributed by atoms with Crippen molar-refractivity contribution in [1.82, 2.24) is 14.8 Å². The van der Waals surface area contributed by atoms with Crippen molar-refractivity contribution in [2.45, 2.75) is 38.3 Å². The lowest BCUT2D eigenvalue weighted by Crippen LogP contribution is -2.43. The van der Waals surface area contributed by atoms with E-state index in [9.17, 15) is 0 Å². The first-order valence-electron chi connectivity index (χ1n) is 8.94. The van der Waals surface area contributed by atoms with E-state index in [0.29, 0.717) is 0 Å². The lowest BCUT2D eigenvalue weighted by molar-refractivity contribution is 0.122. The van der Waals surface area contributed by atoms with E-state index in [1.807, 2.05) is 6.07 Å². The molecule has 4 rings (SSSR count). The minimum atomic E-state index is 0.834. The fourth-order valence-electron chi connectivity index (χ4n) is 4.17. The molecule has 2 saturated heterocycles. The molecule has 4 nitrogen and oxygen atoms in total. The van der Waals surface area contributed by atoms with E-state index in [1.165, 1.54) is 68.5 Å². The molecule has 0 amide bonds. The molecule has 1 aromatic carbocycles. The average molecular weight is 313 g/mol. The van der Waals surface area contributed by atoms with E-state index in [2.05, 4.69) is 33.0 Å². The van der Waals surface area contributed by atoms with Crippen LogP contribution >= 0.6 is 0 Å². The quantitative estimate of drug-likeness (QED) is 0.940. The van der Waals surface area contributed by atoms with Gasteiger partial charge in [-0.1, -0.05) is 0 Å². The second kappa shape index (κ2) is 6.54. The van der Waals surface area contributed by atoms with Crippen LogP contribution in [0.5, 0.6) is 5.75 Å². The summed E-state index contributed by atoms with van der Waals surface area (Å²) in [5.74, 6) is 0.925. The molecule has 124 valence electrons. The Balaban J connectivity index is 1.37. The Labute approximate surface area is 138 Å². The second-order valence-electron chi connectivity index (χ2n) is 7.00. The zero-order valence-corrected chi connectivity index (χ0v) is 14.1. The van der Waals surface area contributed by atoms with Crippen LogP contribution in [0.3, 0.4) is 0 Å². The van der Waals surface area contributed by atoms with Crippen molar-refractivity contribution in [3.05, 3.63) is 30.0 Å². The van der Waals surface area contributed by atoms with Gasteiger partial charge in [-0.25, -0.2) is 0 Å². The van der Waals surface area contributed by atoms with Crippen molar-refractivity contribution < 1.29 is 4.74 Å². The van der Waals surface area contributed by atoms with Crippen molar-refractivity contribution in [1.29, 1.82) is 0 Å². The Bertz CT molecular complexity index is 652. The van der Waals surface area contributed by atoms with Gasteiger partial charge in [0.25, 0.3) is 0 Å². The van der Waals surface area contributed by atoms with Gasteiger partial charge in [0.1, 0.15) is 5.75 Å². The van der Waals surface area contributed by atoms with Gasteiger partial charge in [0.05, 0.1) is 7.11 Å². The van der Waals surface area contributed by atoms with E-state index in [1.54, 1.807) is 7.11 Å². The first-order valence-corrected chi connectivity index (χ1v) is 8.94. The van der Waals surface area contributed by atoms with Crippen LogP contribution in [0.2, 0.25) is 0 Å². The molecule has 0 spiro atoms. The maximum Gasteiger partial charge on any atom is 0.119 e. The molecule has 0 atom stereocenters. The summed E-state index contributed by atoms with van der Waals surface area (Å²) in [5.41, 5.74) is 2.51. The molecular formula is C19H27N3O. The first kappa shape index (κ1) is 15.0. The summed E-state index contributed by atoms with van der Waals surface area (Å²) < 4.78 is 5.31. The van der Waals surface area contributed by atoms with Crippen molar-refractivity contribution in [3.63, 3.8) is 0 Å². The number of hydrogen-bond acceptors (Lipinski definition) is 3. The van der Waals surface area contributed by atoms with E-state index < -0.39 is 0 Å². The molecule has 0 saturated carbocycles. The molecule has 2 aromatic rings. The van der Waals surface area contributed by atoms with Crippen LogP contribution in [-0.2, 0) is 6.54 Å². The van der Waals surface area contributed by atoms with E-state index in [0.717, 1.165) is 18.3 Å². The molecule has 2 aliphatic heterocycles. The Kier molecular flexibility index (Phi) is 4.27. The van der Waals surface area contributed by atoms with Gasteiger partial charge in [-0.3, -0.25) is 4.90 Å². The summed E-state index contributed by atoms with van der Waals surface area (Å²) in [6.45, 7) is 6.13. The van der Waals surface area contributed by atoms with Crippen LogP contribution in [0.4, 0.5) is 0 Å². The topological polar surface area (TPSA) is 31.5 Å². The summed E-state index contributed by atoms with van der Waals surface area (Å²) in [7, 11) is 1.72. The van der Waals surface area contributed by atoms with E-state index >= 15 is 0 Å². The fraction of sp³-hybridized carbons (Fsp3) is 0.579. The van der Waals surface area contributed by atoms with Gasteiger partial charge in [0, 0.05) is 42.3 Å². The Morgan fingerprint density at radius 1 is 1.09 bits per heavy atom. The lowest BCUT2D eigenvalue weighted by atomic mass is 10.0. The highest BCUT2D eigenvalue weighted by Gasteiger charge is 2.26. The predicted octanol–water partition coefficient (Wildman–Crippen LogP) is 3.24.